The Labute approximate surface area is 158 Å². The largest absolute Gasteiger partial charge is 1.00 e. The number of aliphatic hydroxyl groups is 1. The number of carboxylic acid groups (broad SMARTS) is 2. The van der Waals surface area contributed by atoms with Crippen LogP contribution in [-0.4, -0.2) is 53.0 Å². The average Bonchev–Trinajstić information content (AvgIpc) is 2.50. The molecule has 0 aliphatic heterocycles. The van der Waals surface area contributed by atoms with Crippen molar-refractivity contribution in [2.24, 2.45) is 11.8 Å². The van der Waals surface area contributed by atoms with Gasteiger partial charge in [-0.2, -0.15) is 0 Å². The third-order valence-electron chi connectivity index (χ3n) is 4.43. The van der Waals surface area contributed by atoms with Gasteiger partial charge >= 0.3 is 24.8 Å². The van der Waals surface area contributed by atoms with Crippen LogP contribution in [0.3, 0.4) is 0 Å². The number of nitrogens with zero attached hydrogens (tertiary/aromatic N) is 1. The maximum Gasteiger partial charge on any atom is 1.00 e. The number of quaternary nitrogens is 1. The first-order valence-corrected chi connectivity index (χ1v) is 8.67. The van der Waals surface area contributed by atoms with E-state index in [1.807, 2.05) is 0 Å². The summed E-state index contributed by atoms with van der Waals surface area (Å²) in [5, 5.41) is 30.0. The van der Waals surface area contributed by atoms with Crippen LogP contribution in [0.5, 0.6) is 0 Å². The summed E-state index contributed by atoms with van der Waals surface area (Å²) in [5.74, 6) is -3.43. The molecular weight excluding hydrogens is 305 g/mol. The molecule has 0 aromatic rings. The molecule has 0 radical (unpaired) electrons. The molecule has 136 valence electrons. The molecule has 0 bridgehead atoms. The number of aliphatic hydroxyl groups excluding tert-OH is 1. The summed E-state index contributed by atoms with van der Waals surface area (Å²) >= 11 is 0. The standard InChI is InChI=1S/C17H33NO5.Li/c1-4-5-6-7-8-9-10-18(13-19,11-14(2)16(20)21)12-15(3)17(22)23;/h14-15,19H,4-13H2,1-3H3,(H-,20,21,22,23);/q;+1. The average molecular weight is 338 g/mol. The van der Waals surface area contributed by atoms with Gasteiger partial charge in [0.2, 0.25) is 0 Å². The van der Waals surface area contributed by atoms with Crippen molar-refractivity contribution in [1.29, 1.82) is 0 Å². The molecule has 0 heterocycles. The number of unbranched alkanes of at least 4 members (excludes halogenated alkanes) is 5. The van der Waals surface area contributed by atoms with Crippen LogP contribution in [0.1, 0.15) is 59.3 Å². The molecule has 0 saturated carbocycles. The number of carbonyl (C=O) groups is 2. The minimum absolute atomic E-state index is 0. The Morgan fingerprint density at radius 1 is 1.00 bits per heavy atom. The van der Waals surface area contributed by atoms with E-state index in [2.05, 4.69) is 6.92 Å². The van der Waals surface area contributed by atoms with Gasteiger partial charge in [0.15, 0.2) is 6.73 Å². The summed E-state index contributed by atoms with van der Waals surface area (Å²) in [6.07, 6.45) is 6.55. The Kier molecular flexibility index (Phi) is 14.7. The smallest absolute Gasteiger partial charge is 0.550 e. The van der Waals surface area contributed by atoms with E-state index in [4.69, 9.17) is 5.11 Å². The Morgan fingerprint density at radius 3 is 1.96 bits per heavy atom. The topological polar surface area (TPSA) is 97.7 Å². The summed E-state index contributed by atoms with van der Waals surface area (Å²) < 4.78 is 0.108. The second-order valence-electron chi connectivity index (χ2n) is 6.80. The van der Waals surface area contributed by atoms with E-state index in [9.17, 15) is 19.8 Å². The number of hydrogen-bond donors (Lipinski definition) is 2. The first kappa shape index (κ1) is 25.7. The summed E-state index contributed by atoms with van der Waals surface area (Å²) in [4.78, 5) is 22.2. The summed E-state index contributed by atoms with van der Waals surface area (Å²) in [6.45, 7) is 6.08. The SMILES string of the molecule is CCCCCCCC[N+](CO)(CC(C)C(=O)[O-])CC(C)C(=O)O.[Li+]. The molecule has 0 amide bonds. The minimum atomic E-state index is -1.16. The van der Waals surface area contributed by atoms with E-state index >= 15 is 0 Å². The van der Waals surface area contributed by atoms with Crippen molar-refractivity contribution in [2.75, 3.05) is 26.4 Å². The second kappa shape index (κ2) is 13.7. The number of rotatable bonds is 14. The van der Waals surface area contributed by atoms with Crippen LogP contribution in [0.15, 0.2) is 0 Å². The van der Waals surface area contributed by atoms with Gasteiger partial charge in [-0.25, -0.2) is 0 Å². The van der Waals surface area contributed by atoms with Gasteiger partial charge in [0, 0.05) is 11.9 Å². The van der Waals surface area contributed by atoms with Crippen LogP contribution >= 0.6 is 0 Å². The van der Waals surface area contributed by atoms with E-state index in [0.29, 0.717) is 6.54 Å². The van der Waals surface area contributed by atoms with Crippen molar-refractivity contribution in [3.8, 4) is 0 Å². The van der Waals surface area contributed by atoms with Gasteiger partial charge < -0.3 is 20.1 Å². The summed E-state index contributed by atoms with van der Waals surface area (Å²) in [6, 6.07) is 0. The van der Waals surface area contributed by atoms with Gasteiger partial charge in [0.25, 0.3) is 0 Å². The predicted molar refractivity (Wildman–Crippen MR) is 86.3 cm³/mol. The van der Waals surface area contributed by atoms with Gasteiger partial charge in [0.05, 0.1) is 19.6 Å². The van der Waals surface area contributed by atoms with Gasteiger partial charge in [-0.3, -0.25) is 9.28 Å². The molecule has 7 heteroatoms. The number of carboxylic acids is 2. The van der Waals surface area contributed by atoms with Crippen LogP contribution in [0.4, 0.5) is 0 Å². The zero-order valence-corrected chi connectivity index (χ0v) is 15.8. The second-order valence-corrected chi connectivity index (χ2v) is 6.80. The normalized spacial score (nSPS) is 15.8. The molecule has 0 aromatic heterocycles. The summed E-state index contributed by atoms with van der Waals surface area (Å²) in [5.41, 5.74) is 0. The first-order valence-electron chi connectivity index (χ1n) is 8.67. The Morgan fingerprint density at radius 2 is 1.50 bits per heavy atom. The zero-order valence-electron chi connectivity index (χ0n) is 15.8. The van der Waals surface area contributed by atoms with Crippen LogP contribution in [0.25, 0.3) is 0 Å². The van der Waals surface area contributed by atoms with E-state index in [1.54, 1.807) is 13.8 Å². The van der Waals surface area contributed by atoms with Crippen LogP contribution in [0.2, 0.25) is 0 Å². The molecule has 0 aromatic carbocycles. The van der Waals surface area contributed by atoms with Crippen molar-refractivity contribution < 1.29 is 48.3 Å². The predicted octanol–water partition coefficient (Wildman–Crippen LogP) is -1.78. The Bertz CT molecular complexity index is 343. The molecule has 0 spiro atoms. The van der Waals surface area contributed by atoms with E-state index in [1.165, 1.54) is 19.3 Å². The number of aliphatic carboxylic acids is 2. The van der Waals surface area contributed by atoms with Crippen molar-refractivity contribution in [2.45, 2.75) is 59.3 Å². The molecule has 3 unspecified atom stereocenters. The molecule has 0 aliphatic carbocycles. The van der Waals surface area contributed by atoms with Crippen LogP contribution < -0.4 is 24.0 Å². The van der Waals surface area contributed by atoms with Gasteiger partial charge in [-0.15, -0.1) is 0 Å². The van der Waals surface area contributed by atoms with Crippen molar-refractivity contribution in [3.05, 3.63) is 0 Å². The number of carbonyl (C=O) groups excluding carboxylic acids is 1. The van der Waals surface area contributed by atoms with E-state index < -0.39 is 23.8 Å². The van der Waals surface area contributed by atoms with Gasteiger partial charge in [-0.05, 0) is 19.8 Å². The zero-order chi connectivity index (χ0) is 17.9. The summed E-state index contributed by atoms with van der Waals surface area (Å²) in [7, 11) is 0. The van der Waals surface area contributed by atoms with Crippen molar-refractivity contribution in [3.63, 3.8) is 0 Å². The minimum Gasteiger partial charge on any atom is -0.550 e. The van der Waals surface area contributed by atoms with Crippen LogP contribution in [-0.2, 0) is 9.59 Å². The van der Waals surface area contributed by atoms with Crippen molar-refractivity contribution in [1.82, 2.24) is 0 Å². The van der Waals surface area contributed by atoms with Gasteiger partial charge in [0.1, 0.15) is 5.92 Å². The van der Waals surface area contributed by atoms with Crippen molar-refractivity contribution >= 4 is 11.9 Å². The Hall–Kier alpha value is -0.543. The molecular formula is C17H33LiNO5+. The monoisotopic (exact) mass is 338 g/mol. The molecule has 6 nitrogen and oxygen atoms in total. The van der Waals surface area contributed by atoms with Crippen LogP contribution in [0, 0.1) is 11.8 Å². The molecule has 3 atom stereocenters. The maximum atomic E-state index is 11.1. The molecule has 0 aliphatic rings. The fraction of sp³-hybridized carbons (Fsp3) is 0.882. The fourth-order valence-electron chi connectivity index (χ4n) is 2.99. The first-order chi connectivity index (χ1) is 10.8. The third-order valence-corrected chi connectivity index (χ3v) is 4.43. The van der Waals surface area contributed by atoms with E-state index in [0.717, 1.165) is 19.3 Å². The Balaban J connectivity index is 0. The third kappa shape index (κ3) is 10.3. The fourth-order valence-corrected chi connectivity index (χ4v) is 2.99. The molecule has 0 fully saturated rings. The molecule has 0 saturated heterocycles. The van der Waals surface area contributed by atoms with E-state index in [-0.39, 0.29) is 43.2 Å². The molecule has 2 N–H and O–H groups in total. The number of hydrogen-bond acceptors (Lipinski definition) is 4. The molecule has 0 rings (SSSR count). The van der Waals surface area contributed by atoms with Gasteiger partial charge in [-0.1, -0.05) is 39.5 Å². The maximum absolute atomic E-state index is 11.1. The molecule has 24 heavy (non-hydrogen) atoms. The quantitative estimate of drug-likeness (QED) is 0.169.